The second kappa shape index (κ2) is 12.5. The molecule has 0 aliphatic rings. The first-order chi connectivity index (χ1) is 19.9. The van der Waals surface area contributed by atoms with E-state index in [-0.39, 0.29) is 0 Å². The Balaban J connectivity index is 2.04. The van der Waals surface area contributed by atoms with Gasteiger partial charge in [0.05, 0.1) is 0 Å². The molecular weight excluding hydrogens is 584 g/mol. The molecule has 43 heavy (non-hydrogen) atoms. The first-order valence-electron chi connectivity index (χ1n) is 15.2. The number of benzene rings is 4. The van der Waals surface area contributed by atoms with Gasteiger partial charge in [-0.05, 0) is 0 Å². The average Bonchev–Trinajstić information content (AvgIpc) is 2.88. The predicted octanol–water partition coefficient (Wildman–Crippen LogP) is 10.3. The zero-order valence-electron chi connectivity index (χ0n) is 27.5. The molecule has 0 aromatic heterocycles. The summed E-state index contributed by atoms with van der Waals surface area (Å²) in [5, 5.41) is 0. The van der Waals surface area contributed by atoms with Crippen LogP contribution in [-0.2, 0) is 38.0 Å². The van der Waals surface area contributed by atoms with E-state index in [4.69, 9.17) is 13.3 Å². The summed E-state index contributed by atoms with van der Waals surface area (Å²) in [6.07, 6.45) is 3.23. The maximum atomic E-state index is 7.88. The zero-order valence-corrected chi connectivity index (χ0v) is 30.2. The molecule has 0 radical (unpaired) electrons. The van der Waals surface area contributed by atoms with Gasteiger partial charge in [-0.2, -0.15) is 0 Å². The van der Waals surface area contributed by atoms with Crippen molar-refractivity contribution in [3.63, 3.8) is 0 Å². The third-order valence-corrected chi connectivity index (χ3v) is 14.6. The van der Waals surface area contributed by atoms with Crippen molar-refractivity contribution in [1.29, 1.82) is 0 Å². The molecule has 0 unspecified atom stereocenters. The Kier molecular flexibility index (Phi) is 9.87. The zero-order chi connectivity index (χ0) is 31.3. The fourth-order valence-electron chi connectivity index (χ4n) is 5.66. The summed E-state index contributed by atoms with van der Waals surface area (Å²) in [5.74, 6) is 0. The van der Waals surface area contributed by atoms with Crippen LogP contribution in [0.3, 0.4) is 0 Å². The van der Waals surface area contributed by atoms with Crippen LogP contribution < -0.4 is 0 Å². The number of rotatable bonds is 14. The average molecular weight is 637 g/mol. The van der Waals surface area contributed by atoms with Crippen molar-refractivity contribution in [3.05, 3.63) is 144 Å². The monoisotopic (exact) mass is 636 g/mol. The molecule has 0 amide bonds. The van der Waals surface area contributed by atoms with Crippen LogP contribution >= 0.6 is 20.5 Å². The minimum atomic E-state index is -3.38. The van der Waals surface area contributed by atoms with E-state index in [1.165, 1.54) is 22.3 Å². The van der Waals surface area contributed by atoms with Gasteiger partial charge in [-0.1, -0.05) is 0 Å². The van der Waals surface area contributed by atoms with E-state index < -0.39 is 27.8 Å². The molecule has 232 valence electrons. The van der Waals surface area contributed by atoms with Crippen LogP contribution in [0.25, 0.3) is 0 Å². The molecule has 0 spiro atoms. The van der Waals surface area contributed by atoms with Gasteiger partial charge in [0, 0.05) is 0 Å². The molecule has 0 saturated heterocycles. The summed E-state index contributed by atoms with van der Waals surface area (Å²) in [6.45, 7) is 9.38. The van der Waals surface area contributed by atoms with Gasteiger partial charge < -0.3 is 0 Å². The first-order valence-corrected chi connectivity index (χ1v) is 25.9. The molecule has 0 atom stereocenters. The van der Waals surface area contributed by atoms with Gasteiger partial charge in [0.1, 0.15) is 0 Å². The van der Waals surface area contributed by atoms with Gasteiger partial charge in [-0.3, -0.25) is 0 Å². The third kappa shape index (κ3) is 11.2. The number of hydrogen-bond acceptors (Lipinski definition) is 3. The van der Waals surface area contributed by atoms with Crippen molar-refractivity contribution in [2.24, 2.45) is 0 Å². The van der Waals surface area contributed by atoms with Crippen LogP contribution in [0.1, 0.15) is 22.3 Å². The maximum absolute atomic E-state index is 7.88. The second-order valence-electron chi connectivity index (χ2n) is 15.9. The van der Waals surface area contributed by atoms with Crippen molar-refractivity contribution in [3.8, 4) is 0 Å². The molecule has 0 heterocycles. The Labute approximate surface area is 262 Å². The summed E-state index contributed by atoms with van der Waals surface area (Å²) in [4.78, 5) is 0. The Morgan fingerprint density at radius 2 is 0.605 bits per heavy atom. The van der Waals surface area contributed by atoms with Crippen molar-refractivity contribution < 1.29 is 13.3 Å². The molecule has 4 aromatic rings. The summed E-state index contributed by atoms with van der Waals surface area (Å²) in [5.41, 5.74) is 5.11. The summed E-state index contributed by atoms with van der Waals surface area (Å²) >= 11 is 0. The van der Waals surface area contributed by atoms with Crippen LogP contribution in [0.15, 0.2) is 121 Å². The molecular formula is C36H52BO3P3. The van der Waals surface area contributed by atoms with Gasteiger partial charge in [0.2, 0.25) is 0 Å². The van der Waals surface area contributed by atoms with E-state index in [1.807, 2.05) is 0 Å². The van der Waals surface area contributed by atoms with Crippen LogP contribution in [-0.4, -0.2) is 60.6 Å². The third-order valence-electron chi connectivity index (χ3n) is 7.10. The first kappa shape index (κ1) is 34.0. The fraction of sp³-hybridized carbons (Fsp3) is 0.333. The van der Waals surface area contributed by atoms with E-state index >= 15 is 0 Å². The summed E-state index contributed by atoms with van der Waals surface area (Å²) < 4.78 is 22.0. The molecule has 0 fully saturated rings. The molecule has 7 heteroatoms. The van der Waals surface area contributed by atoms with Crippen LogP contribution in [0.5, 0.6) is 0 Å². The molecule has 0 aliphatic heterocycles. The van der Waals surface area contributed by atoms with Gasteiger partial charge >= 0.3 is 263 Å². The van der Waals surface area contributed by atoms with Crippen LogP contribution in [0.2, 0.25) is 0 Å². The summed E-state index contributed by atoms with van der Waals surface area (Å²) in [6, 6.07) is 43.5. The van der Waals surface area contributed by atoms with E-state index in [1.54, 1.807) is 0 Å². The van der Waals surface area contributed by atoms with Crippen molar-refractivity contribution >= 4 is 27.8 Å². The molecule has 0 saturated carbocycles. The Hall–Kier alpha value is -1.89. The number of hydrogen-bond donors (Lipinski definition) is 0. The van der Waals surface area contributed by atoms with Crippen molar-refractivity contribution in [2.75, 3.05) is 53.3 Å². The molecule has 0 aliphatic carbocycles. The predicted molar refractivity (Wildman–Crippen MR) is 198 cm³/mol. The van der Waals surface area contributed by atoms with Crippen LogP contribution in [0.4, 0.5) is 0 Å². The minimum absolute atomic E-state index is 0.789. The molecule has 4 rings (SSSR count). The normalized spacial score (nSPS) is 15.3. The van der Waals surface area contributed by atoms with E-state index in [0.29, 0.717) is 0 Å². The van der Waals surface area contributed by atoms with Crippen LogP contribution in [0, 0.1) is 0 Å². The molecule has 4 aromatic carbocycles. The molecule has 3 nitrogen and oxygen atoms in total. The van der Waals surface area contributed by atoms with E-state index in [2.05, 4.69) is 175 Å². The van der Waals surface area contributed by atoms with Gasteiger partial charge in [0.25, 0.3) is 0 Å². The summed E-state index contributed by atoms with van der Waals surface area (Å²) in [7, 11) is -0.789. The van der Waals surface area contributed by atoms with Crippen molar-refractivity contribution in [2.45, 2.75) is 24.6 Å². The van der Waals surface area contributed by atoms with Gasteiger partial charge in [0.15, 0.2) is 0 Å². The Morgan fingerprint density at radius 1 is 0.372 bits per heavy atom. The van der Waals surface area contributed by atoms with Gasteiger partial charge in [-0.15, -0.1) is 0 Å². The second-order valence-corrected chi connectivity index (χ2v) is 35.1. The van der Waals surface area contributed by atoms with Gasteiger partial charge in [-0.25, -0.2) is 0 Å². The van der Waals surface area contributed by atoms with E-state index in [0.717, 1.165) is 24.6 Å². The quantitative estimate of drug-likeness (QED) is 0.102. The molecule has 0 N–H and O–H groups in total. The standard InChI is InChI=1S/C36H52BO3P3/c1-41(2,3,4)38-37(39-42(5,6,7)8)40-43(29-33-21-13-9-14-22-33,30-34-23-15-10-16-24-34,31-35-25-17-11-18-26-35)32-36-27-19-12-20-28-36/h9-28H,29-32H2,1-8H3. The Morgan fingerprint density at radius 3 is 0.814 bits per heavy atom. The fourth-order valence-corrected chi connectivity index (χ4v) is 13.5. The topological polar surface area (TPSA) is 27.7 Å². The van der Waals surface area contributed by atoms with Crippen molar-refractivity contribution in [1.82, 2.24) is 0 Å². The SMILES string of the molecule is CP(C)(C)(C)OB(OP(C)(C)(C)C)OP(Cc1ccccc1)(Cc1ccccc1)(Cc1ccccc1)Cc1ccccc1. The Bertz CT molecular complexity index is 1250. The van der Waals surface area contributed by atoms with E-state index in [9.17, 15) is 0 Å². The molecule has 0 bridgehead atoms.